The summed E-state index contributed by atoms with van der Waals surface area (Å²) in [6.07, 6.45) is 1.86. The molecule has 0 radical (unpaired) electrons. The van der Waals surface area contributed by atoms with Crippen molar-refractivity contribution in [3.05, 3.63) is 99.5 Å². The fraction of sp³-hybridized carbons (Fsp3) is 0.150. The number of rotatable bonds is 3. The number of nitrogens with zero attached hydrogens (tertiary/aromatic N) is 1. The average Bonchev–Trinajstić information content (AvgIpc) is 2.56. The van der Waals surface area contributed by atoms with Gasteiger partial charge in [-0.1, -0.05) is 48.0 Å². The summed E-state index contributed by atoms with van der Waals surface area (Å²) in [7, 11) is 0. The van der Waals surface area contributed by atoms with Gasteiger partial charge in [-0.3, -0.25) is 4.79 Å². The van der Waals surface area contributed by atoms with Crippen LogP contribution in [0.1, 0.15) is 28.4 Å². The second kappa shape index (κ2) is 6.23. The Labute approximate surface area is 136 Å². The third-order valence-electron chi connectivity index (χ3n) is 4.08. The van der Waals surface area contributed by atoms with Crippen LogP contribution in [0.5, 0.6) is 0 Å². The molecular formula is C20H20N2O. The van der Waals surface area contributed by atoms with Crippen LogP contribution in [0.15, 0.2) is 71.7 Å². The fourth-order valence-corrected chi connectivity index (χ4v) is 2.70. The van der Waals surface area contributed by atoms with Gasteiger partial charge < -0.3 is 10.3 Å². The maximum atomic E-state index is 12.4. The van der Waals surface area contributed by atoms with Crippen molar-refractivity contribution in [2.45, 2.75) is 19.9 Å². The summed E-state index contributed by atoms with van der Waals surface area (Å²) in [6, 6.07) is 19.1. The van der Waals surface area contributed by atoms with Gasteiger partial charge >= 0.3 is 0 Å². The second-order valence-corrected chi connectivity index (χ2v) is 5.83. The fourth-order valence-electron chi connectivity index (χ4n) is 2.70. The van der Waals surface area contributed by atoms with Crippen LogP contribution < -0.4 is 11.2 Å². The van der Waals surface area contributed by atoms with E-state index < -0.39 is 6.04 Å². The van der Waals surface area contributed by atoms with E-state index in [2.05, 4.69) is 19.1 Å². The van der Waals surface area contributed by atoms with Gasteiger partial charge in [0.1, 0.15) is 0 Å². The van der Waals surface area contributed by atoms with Gasteiger partial charge in [-0.25, -0.2) is 0 Å². The van der Waals surface area contributed by atoms with Gasteiger partial charge in [0.15, 0.2) is 5.43 Å². The van der Waals surface area contributed by atoms with Gasteiger partial charge in [0.2, 0.25) is 0 Å². The first-order valence-corrected chi connectivity index (χ1v) is 7.67. The topological polar surface area (TPSA) is 48.0 Å². The summed E-state index contributed by atoms with van der Waals surface area (Å²) in [5.41, 5.74) is 10.9. The molecule has 3 aromatic rings. The van der Waals surface area contributed by atoms with Crippen molar-refractivity contribution in [1.82, 2.24) is 4.57 Å². The summed E-state index contributed by atoms with van der Waals surface area (Å²) < 4.78 is 2.01. The van der Waals surface area contributed by atoms with Gasteiger partial charge in [0.25, 0.3) is 0 Å². The molecule has 1 aromatic heterocycles. The minimum atomic E-state index is -0.430. The molecule has 0 aliphatic heterocycles. The molecule has 116 valence electrons. The number of nitrogens with two attached hydrogens (primary N) is 1. The Morgan fingerprint density at radius 2 is 1.61 bits per heavy atom. The van der Waals surface area contributed by atoms with E-state index >= 15 is 0 Å². The molecule has 3 nitrogen and oxygen atoms in total. The molecule has 23 heavy (non-hydrogen) atoms. The van der Waals surface area contributed by atoms with Crippen molar-refractivity contribution < 1.29 is 0 Å². The third-order valence-corrected chi connectivity index (χ3v) is 4.08. The molecule has 3 rings (SSSR count). The molecule has 1 atom stereocenters. The van der Waals surface area contributed by atoms with E-state index in [-0.39, 0.29) is 5.43 Å². The van der Waals surface area contributed by atoms with Gasteiger partial charge in [0, 0.05) is 29.2 Å². The summed E-state index contributed by atoms with van der Waals surface area (Å²) in [5.74, 6) is 0. The van der Waals surface area contributed by atoms with Crippen molar-refractivity contribution in [3.63, 3.8) is 0 Å². The zero-order chi connectivity index (χ0) is 16.4. The molecule has 1 unspecified atom stereocenters. The van der Waals surface area contributed by atoms with Gasteiger partial charge in [-0.05, 0) is 31.5 Å². The van der Waals surface area contributed by atoms with Gasteiger partial charge in [-0.15, -0.1) is 0 Å². The molecule has 0 aliphatic rings. The molecule has 0 saturated carbocycles. The van der Waals surface area contributed by atoms with Crippen LogP contribution in [0, 0.1) is 13.8 Å². The largest absolute Gasteiger partial charge is 0.321 e. The van der Waals surface area contributed by atoms with Crippen LogP contribution in [0.3, 0.4) is 0 Å². The van der Waals surface area contributed by atoms with E-state index in [9.17, 15) is 4.79 Å². The molecule has 1 heterocycles. The Morgan fingerprint density at radius 1 is 0.957 bits per heavy atom. The second-order valence-electron chi connectivity index (χ2n) is 5.83. The minimum absolute atomic E-state index is 0.0257. The predicted molar refractivity (Wildman–Crippen MR) is 94.0 cm³/mol. The van der Waals surface area contributed by atoms with Gasteiger partial charge in [0.05, 0.1) is 6.04 Å². The van der Waals surface area contributed by atoms with Crippen LogP contribution in [0.25, 0.3) is 5.69 Å². The van der Waals surface area contributed by atoms with Crippen LogP contribution >= 0.6 is 0 Å². The number of aromatic nitrogens is 1. The monoisotopic (exact) mass is 304 g/mol. The van der Waals surface area contributed by atoms with E-state index in [1.165, 1.54) is 5.56 Å². The zero-order valence-corrected chi connectivity index (χ0v) is 13.4. The van der Waals surface area contributed by atoms with Crippen molar-refractivity contribution in [3.8, 4) is 5.69 Å². The molecule has 0 bridgehead atoms. The van der Waals surface area contributed by atoms with E-state index in [0.717, 1.165) is 16.9 Å². The number of pyridine rings is 1. The Morgan fingerprint density at radius 3 is 2.26 bits per heavy atom. The lowest BCUT2D eigenvalue weighted by molar-refractivity contribution is 0.828. The maximum absolute atomic E-state index is 12.4. The molecule has 2 N–H and O–H groups in total. The predicted octanol–water partition coefficient (Wildman–Crippen LogP) is 3.50. The highest BCUT2D eigenvalue weighted by Gasteiger charge is 2.14. The van der Waals surface area contributed by atoms with Crippen molar-refractivity contribution in [2.75, 3.05) is 0 Å². The van der Waals surface area contributed by atoms with Crippen LogP contribution in [0.4, 0.5) is 0 Å². The van der Waals surface area contributed by atoms with Crippen LogP contribution in [0.2, 0.25) is 0 Å². The van der Waals surface area contributed by atoms with E-state index in [0.29, 0.717) is 5.56 Å². The Hall–Kier alpha value is -2.65. The Bertz CT molecular complexity index is 864. The smallest absolute Gasteiger partial charge is 0.186 e. The highest BCUT2D eigenvalue weighted by atomic mass is 16.1. The van der Waals surface area contributed by atoms with Gasteiger partial charge in [-0.2, -0.15) is 0 Å². The van der Waals surface area contributed by atoms with E-state index in [1.807, 2.05) is 60.2 Å². The quantitative estimate of drug-likeness (QED) is 0.805. The lowest BCUT2D eigenvalue weighted by Gasteiger charge is -2.17. The molecule has 0 amide bonds. The summed E-state index contributed by atoms with van der Waals surface area (Å²) in [6.45, 7) is 3.98. The molecule has 0 saturated heterocycles. The third kappa shape index (κ3) is 3.10. The first kappa shape index (κ1) is 15.3. The summed E-state index contributed by atoms with van der Waals surface area (Å²) in [4.78, 5) is 12.4. The molecule has 0 spiro atoms. The van der Waals surface area contributed by atoms with Crippen molar-refractivity contribution >= 4 is 0 Å². The normalized spacial score (nSPS) is 12.1. The molecular weight excluding hydrogens is 284 g/mol. The number of hydrogen-bond acceptors (Lipinski definition) is 2. The molecule has 0 fully saturated rings. The van der Waals surface area contributed by atoms with E-state index in [1.54, 1.807) is 6.07 Å². The number of benzene rings is 2. The average molecular weight is 304 g/mol. The molecule has 2 aromatic carbocycles. The van der Waals surface area contributed by atoms with Crippen molar-refractivity contribution in [1.29, 1.82) is 0 Å². The summed E-state index contributed by atoms with van der Waals surface area (Å²) in [5, 5.41) is 0. The lowest BCUT2D eigenvalue weighted by Crippen LogP contribution is -2.23. The highest BCUT2D eigenvalue weighted by Crippen LogP contribution is 2.19. The standard InChI is InChI=1S/C20H20N2O/c1-14-8-10-17(11-9-14)22-13-18(19(23)12-15(22)2)20(21)16-6-4-3-5-7-16/h3-13,20H,21H2,1-2H3. The molecule has 3 heteroatoms. The van der Waals surface area contributed by atoms with Crippen LogP contribution in [-0.2, 0) is 0 Å². The Kier molecular flexibility index (Phi) is 4.13. The maximum Gasteiger partial charge on any atom is 0.186 e. The number of aryl methyl sites for hydroxylation is 2. The first-order chi connectivity index (χ1) is 11.1. The number of hydrogen-bond donors (Lipinski definition) is 1. The molecule has 0 aliphatic carbocycles. The first-order valence-electron chi connectivity index (χ1n) is 7.67. The van der Waals surface area contributed by atoms with Crippen molar-refractivity contribution in [2.24, 2.45) is 5.73 Å². The lowest BCUT2D eigenvalue weighted by atomic mass is 10.0. The zero-order valence-electron chi connectivity index (χ0n) is 13.4. The van der Waals surface area contributed by atoms with Crippen LogP contribution in [-0.4, -0.2) is 4.57 Å². The highest BCUT2D eigenvalue weighted by molar-refractivity contribution is 5.39. The Balaban J connectivity index is 2.10. The summed E-state index contributed by atoms with van der Waals surface area (Å²) >= 11 is 0. The SMILES string of the molecule is Cc1ccc(-n2cc(C(N)c3ccccc3)c(=O)cc2C)cc1. The van der Waals surface area contributed by atoms with E-state index in [4.69, 9.17) is 5.73 Å². The minimum Gasteiger partial charge on any atom is -0.321 e.